The molecule has 0 unspecified atom stereocenters. The van der Waals surface area contributed by atoms with Crippen molar-refractivity contribution in [2.75, 3.05) is 20.8 Å². The summed E-state index contributed by atoms with van der Waals surface area (Å²) in [6, 6.07) is 8.58. The lowest BCUT2D eigenvalue weighted by atomic mass is 10.0. The Morgan fingerprint density at radius 1 is 0.933 bits per heavy atom. The standard InChI is InChI=1S/C22H24FNO6/c1-13(2)20(22(27)30-12-19(25)14-5-7-16(23)8-6-14)24-21(26)15-9-17(28-3)11-18(10-15)29-4/h5-11,13,20H,12H2,1-4H3,(H,24,26)/t20-/m1/s1. The number of Topliss-reactive ketones (excluding diaryl/α,β-unsaturated/α-hetero) is 1. The van der Waals surface area contributed by atoms with Crippen LogP contribution in [0.4, 0.5) is 4.39 Å². The van der Waals surface area contributed by atoms with Crippen LogP contribution in [0.25, 0.3) is 0 Å². The first-order valence-electron chi connectivity index (χ1n) is 9.24. The Kier molecular flexibility index (Phi) is 7.91. The third-order valence-corrected chi connectivity index (χ3v) is 4.33. The summed E-state index contributed by atoms with van der Waals surface area (Å²) in [6.45, 7) is 2.96. The molecule has 0 aromatic heterocycles. The Bertz CT molecular complexity index is 888. The minimum atomic E-state index is -0.976. The van der Waals surface area contributed by atoms with Gasteiger partial charge in [-0.3, -0.25) is 9.59 Å². The van der Waals surface area contributed by atoms with Crippen LogP contribution in [-0.4, -0.2) is 44.5 Å². The molecule has 1 atom stereocenters. The van der Waals surface area contributed by atoms with E-state index in [-0.39, 0.29) is 17.0 Å². The maximum absolute atomic E-state index is 13.0. The number of benzene rings is 2. The molecule has 0 bridgehead atoms. The third kappa shape index (κ3) is 6.04. The Morgan fingerprint density at radius 2 is 1.50 bits per heavy atom. The highest BCUT2D eigenvalue weighted by atomic mass is 19.1. The van der Waals surface area contributed by atoms with E-state index in [2.05, 4.69) is 5.32 Å². The smallest absolute Gasteiger partial charge is 0.329 e. The molecule has 0 spiro atoms. The van der Waals surface area contributed by atoms with Crippen molar-refractivity contribution >= 4 is 17.7 Å². The van der Waals surface area contributed by atoms with Crippen LogP contribution in [0.5, 0.6) is 11.5 Å². The lowest BCUT2D eigenvalue weighted by Gasteiger charge is -2.21. The molecule has 0 heterocycles. The van der Waals surface area contributed by atoms with Crippen molar-refractivity contribution in [3.8, 4) is 11.5 Å². The van der Waals surface area contributed by atoms with E-state index in [0.29, 0.717) is 11.5 Å². The van der Waals surface area contributed by atoms with Gasteiger partial charge in [-0.2, -0.15) is 0 Å². The first-order chi connectivity index (χ1) is 14.2. The normalized spacial score (nSPS) is 11.5. The van der Waals surface area contributed by atoms with E-state index >= 15 is 0 Å². The molecule has 2 aromatic rings. The highest BCUT2D eigenvalue weighted by molar-refractivity contribution is 5.99. The maximum atomic E-state index is 13.0. The number of methoxy groups -OCH3 is 2. The van der Waals surface area contributed by atoms with Gasteiger partial charge in [-0.05, 0) is 42.3 Å². The van der Waals surface area contributed by atoms with Gasteiger partial charge in [0.15, 0.2) is 12.4 Å². The quantitative estimate of drug-likeness (QED) is 0.498. The summed E-state index contributed by atoms with van der Waals surface area (Å²) in [5, 5.41) is 2.62. The Morgan fingerprint density at radius 3 is 2.00 bits per heavy atom. The van der Waals surface area contributed by atoms with Gasteiger partial charge in [0.1, 0.15) is 23.4 Å². The average molecular weight is 417 g/mol. The zero-order valence-electron chi connectivity index (χ0n) is 17.2. The maximum Gasteiger partial charge on any atom is 0.329 e. The number of esters is 1. The minimum absolute atomic E-state index is 0.220. The van der Waals surface area contributed by atoms with Crippen molar-refractivity contribution in [1.82, 2.24) is 5.32 Å². The Labute approximate surface area is 174 Å². The SMILES string of the molecule is COc1cc(OC)cc(C(=O)N[C@@H](C(=O)OCC(=O)c2ccc(F)cc2)C(C)C)c1. The van der Waals surface area contributed by atoms with Crippen LogP contribution in [0.1, 0.15) is 34.6 Å². The first kappa shape index (κ1) is 22.9. The number of hydrogen-bond donors (Lipinski definition) is 1. The lowest BCUT2D eigenvalue weighted by Crippen LogP contribution is -2.45. The fourth-order valence-electron chi connectivity index (χ4n) is 2.61. The van der Waals surface area contributed by atoms with Crippen LogP contribution in [-0.2, 0) is 9.53 Å². The predicted molar refractivity (Wildman–Crippen MR) is 107 cm³/mol. The van der Waals surface area contributed by atoms with Gasteiger partial charge in [-0.15, -0.1) is 0 Å². The van der Waals surface area contributed by atoms with E-state index in [9.17, 15) is 18.8 Å². The van der Waals surface area contributed by atoms with Gasteiger partial charge in [0, 0.05) is 17.2 Å². The van der Waals surface area contributed by atoms with Crippen molar-refractivity contribution in [2.24, 2.45) is 5.92 Å². The minimum Gasteiger partial charge on any atom is -0.497 e. The molecule has 2 rings (SSSR count). The van der Waals surface area contributed by atoms with E-state index in [4.69, 9.17) is 14.2 Å². The van der Waals surface area contributed by atoms with Crippen molar-refractivity contribution in [3.63, 3.8) is 0 Å². The van der Waals surface area contributed by atoms with Crippen molar-refractivity contribution in [3.05, 3.63) is 59.4 Å². The van der Waals surface area contributed by atoms with Gasteiger partial charge in [0.2, 0.25) is 0 Å². The highest BCUT2D eigenvalue weighted by Gasteiger charge is 2.27. The van der Waals surface area contributed by atoms with Crippen molar-refractivity contribution < 1.29 is 33.0 Å². The van der Waals surface area contributed by atoms with Crippen LogP contribution in [0, 0.1) is 11.7 Å². The molecule has 0 radical (unpaired) electrons. The van der Waals surface area contributed by atoms with Gasteiger partial charge in [0.25, 0.3) is 5.91 Å². The second-order valence-electron chi connectivity index (χ2n) is 6.83. The molecule has 0 aliphatic heterocycles. The lowest BCUT2D eigenvalue weighted by molar-refractivity contribution is -0.145. The number of carbonyl (C=O) groups excluding carboxylic acids is 3. The summed E-state index contributed by atoms with van der Waals surface area (Å²) in [5.74, 6) is -1.66. The fraction of sp³-hybridized carbons (Fsp3) is 0.318. The molecule has 7 nitrogen and oxygen atoms in total. The van der Waals surface area contributed by atoms with Gasteiger partial charge >= 0.3 is 5.97 Å². The average Bonchev–Trinajstić information content (AvgIpc) is 2.75. The Hall–Kier alpha value is -3.42. The number of ether oxygens (including phenoxy) is 3. The molecule has 0 aliphatic carbocycles. The number of ketones is 1. The molecular formula is C22H24FNO6. The first-order valence-corrected chi connectivity index (χ1v) is 9.24. The largest absolute Gasteiger partial charge is 0.497 e. The molecule has 0 aliphatic rings. The summed E-state index contributed by atoms with van der Waals surface area (Å²) in [4.78, 5) is 37.3. The molecule has 0 saturated carbocycles. The highest BCUT2D eigenvalue weighted by Crippen LogP contribution is 2.22. The van der Waals surface area contributed by atoms with Crippen LogP contribution in [0.3, 0.4) is 0 Å². The summed E-state index contributed by atoms with van der Waals surface area (Å²) < 4.78 is 28.4. The number of carbonyl (C=O) groups is 3. The second-order valence-corrected chi connectivity index (χ2v) is 6.83. The van der Waals surface area contributed by atoms with Gasteiger partial charge in [-0.1, -0.05) is 13.8 Å². The number of hydrogen-bond acceptors (Lipinski definition) is 6. The van der Waals surface area contributed by atoms with Crippen molar-refractivity contribution in [2.45, 2.75) is 19.9 Å². The summed E-state index contributed by atoms with van der Waals surface area (Å²) >= 11 is 0. The molecule has 2 aromatic carbocycles. The molecule has 160 valence electrons. The van der Waals surface area contributed by atoms with Crippen LogP contribution in [0.15, 0.2) is 42.5 Å². The molecule has 0 fully saturated rings. The van der Waals surface area contributed by atoms with E-state index in [1.807, 2.05) is 0 Å². The van der Waals surface area contributed by atoms with Crippen LogP contribution >= 0.6 is 0 Å². The third-order valence-electron chi connectivity index (χ3n) is 4.33. The zero-order chi connectivity index (χ0) is 22.3. The second kappa shape index (κ2) is 10.4. The molecule has 30 heavy (non-hydrogen) atoms. The monoisotopic (exact) mass is 417 g/mol. The van der Waals surface area contributed by atoms with Crippen LogP contribution in [0.2, 0.25) is 0 Å². The molecule has 8 heteroatoms. The number of rotatable bonds is 9. The van der Waals surface area contributed by atoms with E-state index in [1.54, 1.807) is 19.9 Å². The van der Waals surface area contributed by atoms with E-state index in [1.165, 1.54) is 38.5 Å². The van der Waals surface area contributed by atoms with E-state index in [0.717, 1.165) is 12.1 Å². The predicted octanol–water partition coefficient (Wildman–Crippen LogP) is 3.02. The van der Waals surface area contributed by atoms with Crippen molar-refractivity contribution in [1.29, 1.82) is 0 Å². The van der Waals surface area contributed by atoms with Gasteiger partial charge in [0.05, 0.1) is 14.2 Å². The molecule has 1 amide bonds. The van der Waals surface area contributed by atoms with Crippen LogP contribution < -0.4 is 14.8 Å². The van der Waals surface area contributed by atoms with E-state index < -0.39 is 36.1 Å². The fourth-order valence-corrected chi connectivity index (χ4v) is 2.61. The number of nitrogens with one attached hydrogen (secondary N) is 1. The molecular weight excluding hydrogens is 393 g/mol. The summed E-state index contributed by atoms with van der Waals surface area (Å²) in [6.07, 6.45) is 0. The topological polar surface area (TPSA) is 90.9 Å². The Balaban J connectivity index is 2.06. The summed E-state index contributed by atoms with van der Waals surface area (Å²) in [7, 11) is 2.92. The molecule has 1 N–H and O–H groups in total. The van der Waals surface area contributed by atoms with Gasteiger partial charge in [-0.25, -0.2) is 9.18 Å². The zero-order valence-corrected chi connectivity index (χ0v) is 17.2. The number of amides is 1. The summed E-state index contributed by atoms with van der Waals surface area (Å²) in [5.41, 5.74) is 0.463. The van der Waals surface area contributed by atoms with Gasteiger partial charge < -0.3 is 19.5 Å². The number of halogens is 1. The molecule has 0 saturated heterocycles.